The molecule has 0 radical (unpaired) electrons. The predicted molar refractivity (Wildman–Crippen MR) is 89.3 cm³/mol. The highest BCUT2D eigenvalue weighted by Crippen LogP contribution is 2.49. The van der Waals surface area contributed by atoms with Crippen LogP contribution in [-0.2, 0) is 9.53 Å². The number of fused-ring (bicyclic) bond motifs is 3. The first-order valence-electron chi connectivity index (χ1n) is 8.60. The van der Waals surface area contributed by atoms with E-state index in [4.69, 9.17) is 9.47 Å². The maximum Gasteiger partial charge on any atom is 0.330 e. The minimum atomic E-state index is -1.09. The van der Waals surface area contributed by atoms with Crippen LogP contribution >= 0.6 is 0 Å². The van der Waals surface area contributed by atoms with Crippen LogP contribution in [0, 0.1) is 11.7 Å². The molecule has 0 unspecified atom stereocenters. The van der Waals surface area contributed by atoms with E-state index in [2.05, 4.69) is 5.32 Å². The van der Waals surface area contributed by atoms with Gasteiger partial charge in [-0.3, -0.25) is 10.1 Å². The van der Waals surface area contributed by atoms with Crippen LogP contribution in [0.3, 0.4) is 0 Å². The third-order valence-corrected chi connectivity index (χ3v) is 5.59. The van der Waals surface area contributed by atoms with E-state index in [1.54, 1.807) is 36.4 Å². The fourth-order valence-corrected chi connectivity index (χ4v) is 4.40. The zero-order valence-electron chi connectivity index (χ0n) is 13.8. The van der Waals surface area contributed by atoms with E-state index in [9.17, 15) is 14.0 Å². The summed E-state index contributed by atoms with van der Waals surface area (Å²) in [4.78, 5) is 25.8. The predicted octanol–water partition coefficient (Wildman–Crippen LogP) is 2.42. The standard InChI is InChI=1S/C20H16FNO4/c21-12-5-3-4-11(10-12)16-15-17(23)13-6-1-2-7-14(13)26-18(15)20(22-16)8-9-25-19(20)24/h1-7,10,15-16,18,22H,8-9H2/t15-,16+,18+,20+/m1/s1. The molecule has 2 aromatic rings. The molecule has 26 heavy (non-hydrogen) atoms. The summed E-state index contributed by atoms with van der Waals surface area (Å²) in [6.45, 7) is 0.268. The minimum Gasteiger partial charge on any atom is -0.486 e. The Labute approximate surface area is 149 Å². The van der Waals surface area contributed by atoms with Gasteiger partial charge in [-0.1, -0.05) is 24.3 Å². The second-order valence-electron chi connectivity index (χ2n) is 6.96. The first kappa shape index (κ1) is 15.5. The van der Waals surface area contributed by atoms with Gasteiger partial charge in [0.15, 0.2) is 11.3 Å². The van der Waals surface area contributed by atoms with Gasteiger partial charge in [-0.25, -0.2) is 9.18 Å². The summed E-state index contributed by atoms with van der Waals surface area (Å²) < 4.78 is 25.1. The van der Waals surface area contributed by atoms with Crippen molar-refractivity contribution in [1.82, 2.24) is 5.32 Å². The Balaban J connectivity index is 1.67. The van der Waals surface area contributed by atoms with Gasteiger partial charge in [-0.15, -0.1) is 0 Å². The average molecular weight is 353 g/mol. The highest BCUT2D eigenvalue weighted by molar-refractivity contribution is 6.04. The van der Waals surface area contributed by atoms with Crippen LogP contribution in [0.15, 0.2) is 48.5 Å². The highest BCUT2D eigenvalue weighted by Gasteiger charge is 2.65. The largest absolute Gasteiger partial charge is 0.486 e. The van der Waals surface area contributed by atoms with Gasteiger partial charge in [0.25, 0.3) is 0 Å². The Bertz CT molecular complexity index is 930. The Morgan fingerprint density at radius 1 is 1.12 bits per heavy atom. The summed E-state index contributed by atoms with van der Waals surface area (Å²) in [5, 5.41) is 3.28. The van der Waals surface area contributed by atoms with Crippen LogP contribution in [-0.4, -0.2) is 30.0 Å². The van der Waals surface area contributed by atoms with E-state index >= 15 is 0 Å². The van der Waals surface area contributed by atoms with E-state index in [0.717, 1.165) is 0 Å². The maximum absolute atomic E-state index is 13.8. The molecule has 0 amide bonds. The van der Waals surface area contributed by atoms with Crippen molar-refractivity contribution in [2.75, 3.05) is 6.61 Å². The van der Waals surface area contributed by atoms with Crippen LogP contribution in [0.2, 0.25) is 0 Å². The van der Waals surface area contributed by atoms with E-state index < -0.39 is 29.6 Å². The number of benzene rings is 2. The van der Waals surface area contributed by atoms with Crippen molar-refractivity contribution in [3.63, 3.8) is 0 Å². The summed E-state index contributed by atoms with van der Waals surface area (Å²) in [5.41, 5.74) is 0.0125. The molecule has 5 rings (SSSR count). The van der Waals surface area contributed by atoms with Gasteiger partial charge in [-0.2, -0.15) is 0 Å². The third kappa shape index (κ3) is 1.99. The lowest BCUT2D eigenvalue weighted by Crippen LogP contribution is -2.56. The molecule has 2 aromatic carbocycles. The van der Waals surface area contributed by atoms with E-state index in [-0.39, 0.29) is 18.2 Å². The van der Waals surface area contributed by atoms with Gasteiger partial charge >= 0.3 is 5.97 Å². The number of Topliss-reactive ketones (excluding diaryl/α,β-unsaturated/α-hetero) is 1. The molecule has 0 saturated carbocycles. The SMILES string of the molecule is O=C1c2ccccc2O[C@H]2[C@@H]1[C@H](c1cccc(F)c1)N[C@@]21CCOC1=O. The van der Waals surface area contributed by atoms with Gasteiger partial charge in [-0.05, 0) is 29.8 Å². The molecule has 5 nitrogen and oxygen atoms in total. The number of cyclic esters (lactones) is 1. The summed E-state index contributed by atoms with van der Waals surface area (Å²) in [5.74, 6) is -1.06. The molecule has 3 aliphatic rings. The molecule has 2 fully saturated rings. The van der Waals surface area contributed by atoms with Gasteiger partial charge < -0.3 is 9.47 Å². The monoisotopic (exact) mass is 353 g/mol. The number of carbonyl (C=O) groups excluding carboxylic acids is 2. The number of rotatable bonds is 1. The summed E-state index contributed by atoms with van der Waals surface area (Å²) in [7, 11) is 0. The van der Waals surface area contributed by atoms with Crippen LogP contribution in [0.5, 0.6) is 5.75 Å². The number of carbonyl (C=O) groups is 2. The number of hydrogen-bond acceptors (Lipinski definition) is 5. The smallest absolute Gasteiger partial charge is 0.330 e. The number of halogens is 1. The second kappa shape index (κ2) is 5.38. The van der Waals surface area contributed by atoms with Crippen molar-refractivity contribution in [3.05, 3.63) is 65.5 Å². The molecule has 0 aliphatic carbocycles. The number of ether oxygens (including phenoxy) is 2. The summed E-state index contributed by atoms with van der Waals surface area (Å²) in [6.07, 6.45) is -0.276. The van der Waals surface area contributed by atoms with Gasteiger partial charge in [0.05, 0.1) is 18.1 Å². The lowest BCUT2D eigenvalue weighted by molar-refractivity contribution is -0.145. The summed E-state index contributed by atoms with van der Waals surface area (Å²) in [6, 6.07) is 12.6. The van der Waals surface area contributed by atoms with E-state index in [1.807, 2.05) is 0 Å². The second-order valence-corrected chi connectivity index (χ2v) is 6.96. The van der Waals surface area contributed by atoms with Crippen molar-refractivity contribution in [2.45, 2.75) is 24.1 Å². The molecule has 2 saturated heterocycles. The molecule has 3 aliphatic heterocycles. The molecule has 1 spiro atoms. The number of hydrogen-bond donors (Lipinski definition) is 1. The average Bonchev–Trinajstić information content (AvgIpc) is 3.17. The van der Waals surface area contributed by atoms with Crippen LogP contribution in [0.4, 0.5) is 4.39 Å². The molecule has 1 N–H and O–H groups in total. The van der Waals surface area contributed by atoms with Gasteiger partial charge in [0.2, 0.25) is 0 Å². The van der Waals surface area contributed by atoms with Crippen LogP contribution in [0.1, 0.15) is 28.4 Å². The van der Waals surface area contributed by atoms with Crippen molar-refractivity contribution >= 4 is 11.8 Å². The maximum atomic E-state index is 13.8. The zero-order valence-corrected chi connectivity index (χ0v) is 13.8. The molecule has 132 valence electrons. The Kier molecular flexibility index (Phi) is 3.21. The molecule has 3 heterocycles. The first-order valence-corrected chi connectivity index (χ1v) is 8.60. The fraction of sp³-hybridized carbons (Fsp3) is 0.300. The fourth-order valence-electron chi connectivity index (χ4n) is 4.40. The van der Waals surface area contributed by atoms with Crippen molar-refractivity contribution in [2.24, 2.45) is 5.92 Å². The molecular formula is C20H16FNO4. The molecular weight excluding hydrogens is 337 g/mol. The number of para-hydroxylation sites is 1. The molecule has 0 bridgehead atoms. The summed E-state index contributed by atoms with van der Waals surface area (Å²) >= 11 is 0. The van der Waals surface area contributed by atoms with Crippen molar-refractivity contribution in [1.29, 1.82) is 0 Å². The third-order valence-electron chi connectivity index (χ3n) is 5.59. The Hall–Kier alpha value is -2.73. The van der Waals surface area contributed by atoms with E-state index in [0.29, 0.717) is 23.3 Å². The Morgan fingerprint density at radius 3 is 2.73 bits per heavy atom. The lowest BCUT2D eigenvalue weighted by atomic mass is 9.79. The first-order chi connectivity index (χ1) is 12.6. The van der Waals surface area contributed by atoms with Crippen molar-refractivity contribution < 1.29 is 23.5 Å². The number of nitrogens with one attached hydrogen (secondary N) is 1. The van der Waals surface area contributed by atoms with Gasteiger partial charge in [0, 0.05) is 12.5 Å². The van der Waals surface area contributed by atoms with E-state index in [1.165, 1.54) is 12.1 Å². The van der Waals surface area contributed by atoms with Crippen LogP contribution in [0.25, 0.3) is 0 Å². The molecule has 6 heteroatoms. The zero-order chi connectivity index (χ0) is 17.9. The minimum absolute atomic E-state index is 0.102. The quantitative estimate of drug-likeness (QED) is 0.798. The van der Waals surface area contributed by atoms with Crippen LogP contribution < -0.4 is 10.1 Å². The topological polar surface area (TPSA) is 64.6 Å². The highest BCUT2D eigenvalue weighted by atomic mass is 19.1. The normalized spacial score (nSPS) is 32.1. The number of ketones is 1. The lowest BCUT2D eigenvalue weighted by Gasteiger charge is -2.33. The molecule has 4 atom stereocenters. The van der Waals surface area contributed by atoms with Gasteiger partial charge in [0.1, 0.15) is 17.7 Å². The Morgan fingerprint density at radius 2 is 1.96 bits per heavy atom. The number of esters is 1. The van der Waals surface area contributed by atoms with Crippen molar-refractivity contribution in [3.8, 4) is 5.75 Å². The molecule has 0 aromatic heterocycles.